The Kier molecular flexibility index (Phi) is 4.30. The van der Waals surface area contributed by atoms with Gasteiger partial charge in [0.1, 0.15) is 0 Å². The van der Waals surface area contributed by atoms with Crippen LogP contribution in [0.2, 0.25) is 0 Å². The van der Waals surface area contributed by atoms with Crippen molar-refractivity contribution in [3.63, 3.8) is 0 Å². The Morgan fingerprint density at radius 2 is 2.00 bits per heavy atom. The highest BCUT2D eigenvalue weighted by Gasteiger charge is 2.21. The maximum Gasteiger partial charge on any atom is 0.0507 e. The number of hydrogen-bond donors (Lipinski definition) is 1. The van der Waals surface area contributed by atoms with Gasteiger partial charge >= 0.3 is 0 Å². The summed E-state index contributed by atoms with van der Waals surface area (Å²) in [6.07, 6.45) is 7.44. The van der Waals surface area contributed by atoms with E-state index in [1.165, 1.54) is 24.9 Å². The fraction of sp³-hybridized carbons (Fsp3) is 0.667. The fourth-order valence-corrected chi connectivity index (χ4v) is 2.97. The van der Waals surface area contributed by atoms with Crippen LogP contribution in [0.25, 0.3) is 0 Å². The molecular formula is C15H23N3O. The molecule has 0 bridgehead atoms. The Morgan fingerprint density at radius 1 is 1.21 bits per heavy atom. The van der Waals surface area contributed by atoms with Crippen molar-refractivity contribution < 1.29 is 4.74 Å². The second-order valence-electron chi connectivity index (χ2n) is 5.60. The summed E-state index contributed by atoms with van der Waals surface area (Å²) >= 11 is 0. The van der Waals surface area contributed by atoms with Gasteiger partial charge in [0.2, 0.25) is 0 Å². The monoisotopic (exact) mass is 261 g/mol. The highest BCUT2D eigenvalue weighted by Crippen LogP contribution is 2.19. The van der Waals surface area contributed by atoms with Crippen LogP contribution >= 0.6 is 0 Å². The molecule has 1 aromatic rings. The van der Waals surface area contributed by atoms with Gasteiger partial charge in [-0.25, -0.2) is 0 Å². The molecule has 3 heterocycles. The van der Waals surface area contributed by atoms with E-state index >= 15 is 0 Å². The zero-order valence-corrected chi connectivity index (χ0v) is 11.4. The van der Waals surface area contributed by atoms with E-state index in [1.54, 1.807) is 0 Å². The molecule has 2 saturated heterocycles. The maximum atomic E-state index is 5.42. The van der Waals surface area contributed by atoms with Crippen molar-refractivity contribution in [2.24, 2.45) is 5.92 Å². The third-order valence-electron chi connectivity index (χ3n) is 4.24. The third kappa shape index (κ3) is 3.45. The predicted octanol–water partition coefficient (Wildman–Crippen LogP) is 1.68. The van der Waals surface area contributed by atoms with E-state index < -0.39 is 0 Å². The Labute approximate surface area is 115 Å². The summed E-state index contributed by atoms with van der Waals surface area (Å²) < 4.78 is 5.42. The summed E-state index contributed by atoms with van der Waals surface area (Å²) in [4.78, 5) is 6.53. The molecule has 0 radical (unpaired) electrons. The zero-order chi connectivity index (χ0) is 12.9. The van der Waals surface area contributed by atoms with Gasteiger partial charge in [-0.1, -0.05) is 0 Å². The Bertz CT molecular complexity index is 370. The number of nitrogens with zero attached hydrogens (tertiary/aromatic N) is 2. The summed E-state index contributed by atoms with van der Waals surface area (Å²) in [5, 5.41) is 3.72. The zero-order valence-electron chi connectivity index (χ0n) is 11.4. The number of hydrogen-bond acceptors (Lipinski definition) is 4. The van der Waals surface area contributed by atoms with Crippen LogP contribution in [0.4, 0.5) is 5.69 Å². The molecule has 4 heteroatoms. The Hall–Kier alpha value is -1.13. The lowest BCUT2D eigenvalue weighted by molar-refractivity contribution is 0.184. The van der Waals surface area contributed by atoms with E-state index in [4.69, 9.17) is 4.74 Å². The lowest BCUT2D eigenvalue weighted by Crippen LogP contribution is -2.44. The summed E-state index contributed by atoms with van der Waals surface area (Å²) in [6.45, 7) is 5.31. The molecule has 0 aliphatic carbocycles. The summed E-state index contributed by atoms with van der Waals surface area (Å²) in [6, 6.07) is 4.88. The number of ether oxygens (including phenoxy) is 1. The van der Waals surface area contributed by atoms with Gasteiger partial charge in [0.25, 0.3) is 0 Å². The molecule has 1 aromatic heterocycles. The van der Waals surface area contributed by atoms with Crippen molar-refractivity contribution in [2.75, 3.05) is 37.7 Å². The molecule has 0 spiro atoms. The number of piperidine rings is 1. The SMILES string of the molecule is c1cc(N2CCC(NCC3CCOC3)CC2)ccn1. The van der Waals surface area contributed by atoms with Crippen LogP contribution in [0, 0.1) is 5.92 Å². The topological polar surface area (TPSA) is 37.4 Å². The van der Waals surface area contributed by atoms with Gasteiger partial charge < -0.3 is 15.0 Å². The standard InChI is InChI=1S/C15H23N3O/c1-6-16-7-2-15(1)18-8-3-14(4-9-18)17-11-13-5-10-19-12-13/h1-2,6-7,13-14,17H,3-5,8-12H2. The van der Waals surface area contributed by atoms with E-state index in [9.17, 15) is 0 Å². The molecule has 104 valence electrons. The first-order valence-corrected chi connectivity index (χ1v) is 7.38. The van der Waals surface area contributed by atoms with Crippen LogP contribution in [0.3, 0.4) is 0 Å². The van der Waals surface area contributed by atoms with E-state index in [1.807, 2.05) is 12.4 Å². The molecule has 19 heavy (non-hydrogen) atoms. The number of pyridine rings is 1. The smallest absolute Gasteiger partial charge is 0.0507 e. The maximum absolute atomic E-state index is 5.42. The normalized spacial score (nSPS) is 24.8. The van der Waals surface area contributed by atoms with E-state index in [2.05, 4.69) is 27.3 Å². The minimum absolute atomic E-state index is 0.679. The van der Waals surface area contributed by atoms with Crippen molar-refractivity contribution in [2.45, 2.75) is 25.3 Å². The van der Waals surface area contributed by atoms with Gasteiger partial charge in [0.05, 0.1) is 6.61 Å². The minimum atomic E-state index is 0.679. The first kappa shape index (κ1) is 12.9. The largest absolute Gasteiger partial charge is 0.381 e. The molecule has 2 aliphatic heterocycles. The van der Waals surface area contributed by atoms with Crippen LogP contribution in [0.1, 0.15) is 19.3 Å². The van der Waals surface area contributed by atoms with Gasteiger partial charge in [-0.2, -0.15) is 0 Å². The quantitative estimate of drug-likeness (QED) is 0.895. The van der Waals surface area contributed by atoms with Crippen molar-refractivity contribution in [3.8, 4) is 0 Å². The van der Waals surface area contributed by atoms with E-state index in [0.717, 1.165) is 38.8 Å². The van der Waals surface area contributed by atoms with Crippen LogP contribution in [-0.4, -0.2) is 43.9 Å². The van der Waals surface area contributed by atoms with Gasteiger partial charge in [-0.05, 0) is 37.3 Å². The van der Waals surface area contributed by atoms with Crippen LogP contribution in [0.5, 0.6) is 0 Å². The average molecular weight is 261 g/mol. The summed E-state index contributed by atoms with van der Waals surface area (Å²) in [5.74, 6) is 0.734. The molecule has 1 atom stereocenters. The van der Waals surface area contributed by atoms with Crippen molar-refractivity contribution in [1.29, 1.82) is 0 Å². The van der Waals surface area contributed by atoms with Crippen molar-refractivity contribution in [1.82, 2.24) is 10.3 Å². The minimum Gasteiger partial charge on any atom is -0.381 e. The lowest BCUT2D eigenvalue weighted by atomic mass is 10.0. The van der Waals surface area contributed by atoms with Crippen LogP contribution < -0.4 is 10.2 Å². The molecule has 1 unspecified atom stereocenters. The molecule has 4 nitrogen and oxygen atoms in total. The van der Waals surface area contributed by atoms with Crippen LogP contribution in [-0.2, 0) is 4.74 Å². The average Bonchev–Trinajstić information content (AvgIpc) is 3.00. The highest BCUT2D eigenvalue weighted by molar-refractivity contribution is 5.44. The fourth-order valence-electron chi connectivity index (χ4n) is 2.97. The van der Waals surface area contributed by atoms with Crippen molar-refractivity contribution >= 4 is 5.69 Å². The Balaban J connectivity index is 1.42. The van der Waals surface area contributed by atoms with E-state index in [-0.39, 0.29) is 0 Å². The second kappa shape index (κ2) is 6.35. The number of anilines is 1. The van der Waals surface area contributed by atoms with Crippen molar-refractivity contribution in [3.05, 3.63) is 24.5 Å². The highest BCUT2D eigenvalue weighted by atomic mass is 16.5. The van der Waals surface area contributed by atoms with Gasteiger partial charge in [-0.15, -0.1) is 0 Å². The van der Waals surface area contributed by atoms with Gasteiger partial charge in [0, 0.05) is 50.4 Å². The summed E-state index contributed by atoms with van der Waals surface area (Å²) in [7, 11) is 0. The molecule has 2 fully saturated rings. The van der Waals surface area contributed by atoms with E-state index in [0.29, 0.717) is 6.04 Å². The molecule has 0 saturated carbocycles. The first-order chi connectivity index (χ1) is 9.42. The molecule has 0 aromatic carbocycles. The van der Waals surface area contributed by atoms with Crippen LogP contribution in [0.15, 0.2) is 24.5 Å². The number of nitrogens with one attached hydrogen (secondary N) is 1. The number of rotatable bonds is 4. The molecule has 0 amide bonds. The predicted molar refractivity (Wildman–Crippen MR) is 76.4 cm³/mol. The molecule has 2 aliphatic rings. The second-order valence-corrected chi connectivity index (χ2v) is 5.60. The first-order valence-electron chi connectivity index (χ1n) is 7.38. The van der Waals surface area contributed by atoms with Gasteiger partial charge in [-0.3, -0.25) is 4.98 Å². The molecule has 3 rings (SSSR count). The third-order valence-corrected chi connectivity index (χ3v) is 4.24. The van der Waals surface area contributed by atoms with Gasteiger partial charge in [0.15, 0.2) is 0 Å². The summed E-state index contributed by atoms with van der Waals surface area (Å²) in [5.41, 5.74) is 1.30. The Morgan fingerprint density at radius 3 is 2.68 bits per heavy atom. The molecular weight excluding hydrogens is 238 g/mol. The lowest BCUT2D eigenvalue weighted by Gasteiger charge is -2.34. The molecule has 1 N–H and O–H groups in total. The number of aromatic nitrogens is 1.